The summed E-state index contributed by atoms with van der Waals surface area (Å²) in [5.41, 5.74) is 6.00. The van der Waals surface area contributed by atoms with Gasteiger partial charge in [0.15, 0.2) is 0 Å². The summed E-state index contributed by atoms with van der Waals surface area (Å²) in [6.07, 6.45) is 4.04. The second kappa shape index (κ2) is 7.13. The van der Waals surface area contributed by atoms with Crippen LogP contribution in [0.3, 0.4) is 0 Å². The highest BCUT2D eigenvalue weighted by molar-refractivity contribution is 6.30. The molecule has 5 nitrogen and oxygen atoms in total. The number of nitrogens with two attached hydrogens (primary N) is 1. The van der Waals surface area contributed by atoms with E-state index < -0.39 is 11.9 Å². The predicted octanol–water partition coefficient (Wildman–Crippen LogP) is 2.44. The Labute approximate surface area is 134 Å². The minimum absolute atomic E-state index is 0.00579. The quantitative estimate of drug-likeness (QED) is 0.858. The molecule has 2 unspecified atom stereocenters. The Bertz CT molecular complexity index is 638. The Morgan fingerprint density at radius 3 is 2.36 bits per heavy atom. The lowest BCUT2D eigenvalue weighted by Crippen LogP contribution is -2.38. The number of halogens is 1. The summed E-state index contributed by atoms with van der Waals surface area (Å²) in [5, 5.41) is 3.23. The normalized spacial score (nSPS) is 13.4. The van der Waals surface area contributed by atoms with E-state index in [4.69, 9.17) is 17.3 Å². The Hall–Kier alpha value is -2.27. The zero-order chi connectivity index (χ0) is 16.1. The van der Waals surface area contributed by atoms with E-state index in [1.165, 1.54) is 0 Å². The van der Waals surface area contributed by atoms with Crippen molar-refractivity contribution in [2.75, 3.05) is 0 Å². The first-order chi connectivity index (χ1) is 10.5. The van der Waals surface area contributed by atoms with Gasteiger partial charge in [-0.25, -0.2) is 0 Å². The molecule has 22 heavy (non-hydrogen) atoms. The summed E-state index contributed by atoms with van der Waals surface area (Å²) < 4.78 is 1.93. The molecule has 116 valence electrons. The van der Waals surface area contributed by atoms with E-state index in [1.54, 1.807) is 24.3 Å². The zero-order valence-corrected chi connectivity index (χ0v) is 13.0. The number of rotatable bonds is 6. The van der Waals surface area contributed by atoms with Crippen LogP contribution in [0.25, 0.3) is 0 Å². The van der Waals surface area contributed by atoms with Gasteiger partial charge in [0.25, 0.3) is 0 Å². The molecule has 2 amide bonds. The van der Waals surface area contributed by atoms with Crippen molar-refractivity contribution in [2.45, 2.75) is 25.4 Å². The number of amides is 2. The van der Waals surface area contributed by atoms with Crippen LogP contribution in [0.15, 0.2) is 48.8 Å². The van der Waals surface area contributed by atoms with Gasteiger partial charge in [-0.2, -0.15) is 0 Å². The molecule has 2 aromatic rings. The molecule has 0 fully saturated rings. The number of hydrogen-bond acceptors (Lipinski definition) is 2. The average molecular weight is 320 g/mol. The largest absolute Gasteiger partial charge is 0.368 e. The van der Waals surface area contributed by atoms with E-state index in [-0.39, 0.29) is 18.4 Å². The van der Waals surface area contributed by atoms with E-state index in [0.29, 0.717) is 10.6 Å². The summed E-state index contributed by atoms with van der Waals surface area (Å²) in [6, 6.07) is 9.59. The number of aromatic nitrogens is 1. The molecule has 0 aliphatic heterocycles. The average Bonchev–Trinajstić information content (AvgIpc) is 3.00. The molecule has 3 N–H and O–H groups in total. The van der Waals surface area contributed by atoms with Crippen molar-refractivity contribution in [3.05, 3.63) is 59.4 Å². The summed E-state index contributed by atoms with van der Waals surface area (Å²) in [5.74, 6) is -0.843. The van der Waals surface area contributed by atoms with Crippen molar-refractivity contribution in [2.24, 2.45) is 5.73 Å². The molecule has 0 saturated heterocycles. The highest BCUT2D eigenvalue weighted by atomic mass is 35.5. The summed E-state index contributed by atoms with van der Waals surface area (Å²) >= 11 is 5.82. The van der Waals surface area contributed by atoms with Gasteiger partial charge in [-0.05, 0) is 36.8 Å². The van der Waals surface area contributed by atoms with Gasteiger partial charge in [-0.3, -0.25) is 9.59 Å². The maximum absolute atomic E-state index is 12.1. The smallest absolute Gasteiger partial charge is 0.244 e. The van der Waals surface area contributed by atoms with Gasteiger partial charge < -0.3 is 15.6 Å². The third kappa shape index (κ3) is 4.11. The molecule has 2 atom stereocenters. The van der Waals surface area contributed by atoms with Gasteiger partial charge in [-0.1, -0.05) is 23.7 Å². The second-order valence-corrected chi connectivity index (χ2v) is 5.57. The van der Waals surface area contributed by atoms with Crippen LogP contribution in [0.2, 0.25) is 5.02 Å². The minimum Gasteiger partial charge on any atom is -0.368 e. The van der Waals surface area contributed by atoms with Crippen LogP contribution >= 0.6 is 11.6 Å². The van der Waals surface area contributed by atoms with E-state index in [1.807, 2.05) is 36.0 Å². The molecule has 0 aliphatic carbocycles. The van der Waals surface area contributed by atoms with Gasteiger partial charge in [0.05, 0.1) is 0 Å². The number of carbonyl (C=O) groups is 2. The van der Waals surface area contributed by atoms with E-state index >= 15 is 0 Å². The Morgan fingerprint density at radius 2 is 1.82 bits per heavy atom. The lowest BCUT2D eigenvalue weighted by atomic mass is 10.1. The Balaban J connectivity index is 2.03. The lowest BCUT2D eigenvalue weighted by molar-refractivity contribution is -0.127. The van der Waals surface area contributed by atoms with Crippen LogP contribution in [0.4, 0.5) is 0 Å². The second-order valence-electron chi connectivity index (χ2n) is 5.14. The number of benzene rings is 1. The molecular weight excluding hydrogens is 302 g/mol. The van der Waals surface area contributed by atoms with E-state index in [2.05, 4.69) is 5.32 Å². The SMILES string of the molecule is CC(CC(=O)NC(C(N)=O)c1ccc(Cl)cc1)n1cccc1. The Kier molecular flexibility index (Phi) is 5.22. The molecule has 0 bridgehead atoms. The topological polar surface area (TPSA) is 77.1 Å². The third-order valence-corrected chi connectivity index (χ3v) is 3.66. The van der Waals surface area contributed by atoms with Gasteiger partial charge >= 0.3 is 0 Å². The van der Waals surface area contributed by atoms with Crippen LogP contribution in [0, 0.1) is 0 Å². The number of nitrogens with zero attached hydrogens (tertiary/aromatic N) is 1. The van der Waals surface area contributed by atoms with Crippen LogP contribution in [0.5, 0.6) is 0 Å². The molecule has 0 saturated carbocycles. The number of carbonyl (C=O) groups excluding carboxylic acids is 2. The van der Waals surface area contributed by atoms with Crippen molar-refractivity contribution in [1.82, 2.24) is 9.88 Å². The fraction of sp³-hybridized carbons (Fsp3) is 0.250. The summed E-state index contributed by atoms with van der Waals surface area (Å²) in [4.78, 5) is 23.7. The number of primary amides is 1. The number of hydrogen-bond donors (Lipinski definition) is 2. The van der Waals surface area contributed by atoms with Crippen LogP contribution in [-0.2, 0) is 9.59 Å². The van der Waals surface area contributed by atoms with E-state index in [9.17, 15) is 9.59 Å². The van der Waals surface area contributed by atoms with Gasteiger partial charge in [0.2, 0.25) is 11.8 Å². The summed E-state index contributed by atoms with van der Waals surface area (Å²) in [7, 11) is 0. The van der Waals surface area contributed by atoms with Crippen molar-refractivity contribution in [3.63, 3.8) is 0 Å². The van der Waals surface area contributed by atoms with Crippen molar-refractivity contribution in [3.8, 4) is 0 Å². The lowest BCUT2D eigenvalue weighted by Gasteiger charge is -2.18. The van der Waals surface area contributed by atoms with Crippen molar-refractivity contribution >= 4 is 23.4 Å². The molecule has 1 aromatic heterocycles. The first kappa shape index (κ1) is 16.1. The van der Waals surface area contributed by atoms with Crippen molar-refractivity contribution < 1.29 is 9.59 Å². The molecule has 2 rings (SSSR count). The first-order valence-electron chi connectivity index (χ1n) is 6.94. The molecular formula is C16H18ClN3O2. The molecule has 6 heteroatoms. The van der Waals surface area contributed by atoms with Gasteiger partial charge in [0.1, 0.15) is 6.04 Å². The minimum atomic E-state index is -0.860. The third-order valence-electron chi connectivity index (χ3n) is 3.41. The Morgan fingerprint density at radius 1 is 1.23 bits per heavy atom. The van der Waals surface area contributed by atoms with Crippen LogP contribution in [-0.4, -0.2) is 16.4 Å². The van der Waals surface area contributed by atoms with Crippen LogP contribution < -0.4 is 11.1 Å². The van der Waals surface area contributed by atoms with Gasteiger partial charge in [-0.15, -0.1) is 0 Å². The van der Waals surface area contributed by atoms with Crippen molar-refractivity contribution in [1.29, 1.82) is 0 Å². The molecule has 0 aliphatic rings. The van der Waals surface area contributed by atoms with E-state index in [0.717, 1.165) is 0 Å². The number of nitrogens with one attached hydrogen (secondary N) is 1. The van der Waals surface area contributed by atoms with Crippen LogP contribution in [0.1, 0.15) is 31.0 Å². The molecule has 1 aromatic carbocycles. The highest BCUT2D eigenvalue weighted by Crippen LogP contribution is 2.17. The molecule has 0 radical (unpaired) electrons. The monoisotopic (exact) mass is 319 g/mol. The first-order valence-corrected chi connectivity index (χ1v) is 7.32. The molecule has 1 heterocycles. The summed E-state index contributed by atoms with van der Waals surface area (Å²) in [6.45, 7) is 1.93. The predicted molar refractivity (Wildman–Crippen MR) is 85.3 cm³/mol. The zero-order valence-electron chi connectivity index (χ0n) is 12.2. The highest BCUT2D eigenvalue weighted by Gasteiger charge is 2.21. The maximum Gasteiger partial charge on any atom is 0.244 e. The fourth-order valence-electron chi connectivity index (χ4n) is 2.21. The maximum atomic E-state index is 12.1. The standard InChI is InChI=1S/C16H18ClN3O2/c1-11(20-8-2-3-9-20)10-14(21)19-15(16(18)22)12-4-6-13(17)7-5-12/h2-9,11,15H,10H2,1H3,(H2,18,22)(H,19,21). The molecule has 0 spiro atoms. The van der Waals surface area contributed by atoms with Gasteiger partial charge in [0, 0.05) is 29.9 Å². The fourth-order valence-corrected chi connectivity index (χ4v) is 2.34.